The maximum atomic E-state index is 13.3. The maximum absolute atomic E-state index is 13.3. The van der Waals surface area contributed by atoms with Gasteiger partial charge in [0, 0.05) is 6.04 Å². The smallest absolute Gasteiger partial charge is 0.214 e. The first-order valence-corrected chi connectivity index (χ1v) is 9.94. The molecule has 0 spiro atoms. The molecule has 6 nitrogen and oxygen atoms in total. The van der Waals surface area contributed by atoms with E-state index in [1.165, 1.54) is 43.4 Å². The fourth-order valence-electron chi connectivity index (χ4n) is 2.07. The summed E-state index contributed by atoms with van der Waals surface area (Å²) in [5.74, 6) is -0.472. The Morgan fingerprint density at radius 1 is 0.917 bits per heavy atom. The number of nitrogens with one attached hydrogen (secondary N) is 2. The fraction of sp³-hybridized carbons (Fsp3) is 0.200. The summed E-state index contributed by atoms with van der Waals surface area (Å²) in [5.41, 5.74) is 0.456. The zero-order valence-corrected chi connectivity index (χ0v) is 14.7. The predicted octanol–water partition coefficient (Wildman–Crippen LogP) is 1.77. The van der Waals surface area contributed by atoms with Crippen LogP contribution in [0.3, 0.4) is 0 Å². The van der Waals surface area contributed by atoms with Crippen LogP contribution in [0.15, 0.2) is 58.3 Å². The summed E-state index contributed by atoms with van der Waals surface area (Å²) in [6.45, 7) is 1.57. The lowest BCUT2D eigenvalue weighted by molar-refractivity contribution is 0.564. The van der Waals surface area contributed by atoms with Crippen molar-refractivity contribution in [2.45, 2.75) is 22.8 Å². The van der Waals surface area contributed by atoms with Crippen LogP contribution in [0.2, 0.25) is 0 Å². The molecule has 0 heterocycles. The third kappa shape index (κ3) is 4.18. The Balaban J connectivity index is 2.33. The fourth-order valence-corrected chi connectivity index (χ4v) is 4.20. The minimum atomic E-state index is -3.98. The predicted molar refractivity (Wildman–Crippen MR) is 87.8 cm³/mol. The van der Waals surface area contributed by atoms with Gasteiger partial charge in [0.05, 0.1) is 9.79 Å². The molecule has 1 atom stereocenters. The molecule has 0 saturated carbocycles. The van der Waals surface area contributed by atoms with Gasteiger partial charge in [-0.1, -0.05) is 18.2 Å². The first kappa shape index (κ1) is 18.5. The van der Waals surface area contributed by atoms with E-state index in [1.807, 2.05) is 0 Å². The van der Waals surface area contributed by atoms with Gasteiger partial charge in [-0.3, -0.25) is 0 Å². The SMILES string of the molecule is CNS(=O)(=O)c1cccc(S(=O)(=O)N[C@@H](C)c2cccc(F)c2)c1. The van der Waals surface area contributed by atoms with E-state index >= 15 is 0 Å². The Morgan fingerprint density at radius 2 is 1.50 bits per heavy atom. The molecule has 2 rings (SSSR count). The Morgan fingerprint density at radius 3 is 2.08 bits per heavy atom. The number of halogens is 1. The lowest BCUT2D eigenvalue weighted by Gasteiger charge is -2.15. The van der Waals surface area contributed by atoms with Crippen LogP contribution in [-0.4, -0.2) is 23.9 Å². The van der Waals surface area contributed by atoms with Gasteiger partial charge in [0.25, 0.3) is 0 Å². The summed E-state index contributed by atoms with van der Waals surface area (Å²) in [6, 6.07) is 9.86. The van der Waals surface area contributed by atoms with Crippen LogP contribution >= 0.6 is 0 Å². The van der Waals surface area contributed by atoms with E-state index in [-0.39, 0.29) is 9.79 Å². The molecule has 9 heteroatoms. The van der Waals surface area contributed by atoms with Crippen LogP contribution in [0.25, 0.3) is 0 Å². The van der Waals surface area contributed by atoms with Crippen molar-refractivity contribution in [2.75, 3.05) is 7.05 Å². The van der Waals surface area contributed by atoms with Gasteiger partial charge < -0.3 is 0 Å². The summed E-state index contributed by atoms with van der Waals surface area (Å²) >= 11 is 0. The van der Waals surface area contributed by atoms with Gasteiger partial charge in [-0.15, -0.1) is 0 Å². The van der Waals surface area contributed by atoms with Gasteiger partial charge in [0.15, 0.2) is 0 Å². The second-order valence-electron chi connectivity index (χ2n) is 5.08. The van der Waals surface area contributed by atoms with Gasteiger partial charge >= 0.3 is 0 Å². The van der Waals surface area contributed by atoms with Crippen LogP contribution in [-0.2, 0) is 20.0 Å². The van der Waals surface area contributed by atoms with E-state index in [9.17, 15) is 21.2 Å². The Hall–Kier alpha value is -1.81. The number of sulfonamides is 2. The van der Waals surface area contributed by atoms with Crippen molar-refractivity contribution in [3.05, 3.63) is 59.9 Å². The molecule has 0 fully saturated rings. The van der Waals surface area contributed by atoms with Crippen LogP contribution in [0.4, 0.5) is 4.39 Å². The zero-order valence-electron chi connectivity index (χ0n) is 13.0. The first-order chi connectivity index (χ1) is 11.2. The van der Waals surface area contributed by atoms with E-state index in [1.54, 1.807) is 13.0 Å². The summed E-state index contributed by atoms with van der Waals surface area (Å²) < 4.78 is 66.3. The number of hydrogen-bond donors (Lipinski definition) is 2. The highest BCUT2D eigenvalue weighted by Crippen LogP contribution is 2.20. The lowest BCUT2D eigenvalue weighted by Crippen LogP contribution is -2.27. The van der Waals surface area contributed by atoms with Crippen LogP contribution in [0.1, 0.15) is 18.5 Å². The average Bonchev–Trinajstić information content (AvgIpc) is 2.54. The van der Waals surface area contributed by atoms with Gasteiger partial charge in [-0.2, -0.15) is 0 Å². The van der Waals surface area contributed by atoms with E-state index in [0.29, 0.717) is 5.56 Å². The molecule has 130 valence electrons. The molecule has 0 radical (unpaired) electrons. The number of rotatable bonds is 6. The van der Waals surface area contributed by atoms with Gasteiger partial charge in [0.2, 0.25) is 20.0 Å². The standard InChI is InChI=1S/C15H17FN2O4S2/c1-11(12-5-3-6-13(16)9-12)18-24(21,22)15-8-4-7-14(10-15)23(19,20)17-2/h3-11,17-18H,1-2H3/t11-/m0/s1. The quantitative estimate of drug-likeness (QED) is 0.808. The van der Waals surface area contributed by atoms with Crippen molar-refractivity contribution in [3.8, 4) is 0 Å². The summed E-state index contributed by atoms with van der Waals surface area (Å²) in [5, 5.41) is 0. The molecule has 0 bridgehead atoms. The zero-order chi connectivity index (χ0) is 18.0. The highest BCUT2D eigenvalue weighted by molar-refractivity contribution is 7.90. The highest BCUT2D eigenvalue weighted by Gasteiger charge is 2.21. The highest BCUT2D eigenvalue weighted by atomic mass is 32.2. The Bertz CT molecular complexity index is 943. The van der Waals surface area contributed by atoms with Crippen molar-refractivity contribution in [2.24, 2.45) is 0 Å². The van der Waals surface area contributed by atoms with E-state index in [2.05, 4.69) is 9.44 Å². The minimum absolute atomic E-state index is 0.161. The molecule has 0 aliphatic heterocycles. The number of hydrogen-bond acceptors (Lipinski definition) is 4. The molecule has 2 N–H and O–H groups in total. The Kier molecular flexibility index (Phi) is 5.38. The Labute approximate surface area is 140 Å². The largest absolute Gasteiger partial charge is 0.241 e. The molecule has 0 aliphatic rings. The molecule has 0 aromatic heterocycles. The van der Waals surface area contributed by atoms with Crippen molar-refractivity contribution >= 4 is 20.0 Å². The topological polar surface area (TPSA) is 92.3 Å². The third-order valence-electron chi connectivity index (χ3n) is 3.38. The normalized spacial score (nSPS) is 13.6. The van der Waals surface area contributed by atoms with Gasteiger partial charge in [0.1, 0.15) is 5.82 Å². The van der Waals surface area contributed by atoms with Crippen LogP contribution in [0, 0.1) is 5.82 Å². The summed E-state index contributed by atoms with van der Waals surface area (Å²) in [6.07, 6.45) is 0. The average molecular weight is 372 g/mol. The number of benzene rings is 2. The van der Waals surface area contributed by atoms with E-state index in [0.717, 1.165) is 6.07 Å². The maximum Gasteiger partial charge on any atom is 0.241 e. The monoisotopic (exact) mass is 372 g/mol. The minimum Gasteiger partial charge on any atom is -0.214 e. The van der Waals surface area contributed by atoms with Crippen molar-refractivity contribution in [3.63, 3.8) is 0 Å². The molecule has 0 aliphatic carbocycles. The third-order valence-corrected chi connectivity index (χ3v) is 6.33. The van der Waals surface area contributed by atoms with E-state index < -0.39 is 31.9 Å². The second kappa shape index (κ2) is 6.98. The molecule has 2 aromatic carbocycles. The molecule has 0 amide bonds. The molecule has 0 saturated heterocycles. The van der Waals surface area contributed by atoms with Crippen LogP contribution < -0.4 is 9.44 Å². The molecule has 0 unspecified atom stereocenters. The lowest BCUT2D eigenvalue weighted by atomic mass is 10.1. The van der Waals surface area contributed by atoms with E-state index in [4.69, 9.17) is 0 Å². The van der Waals surface area contributed by atoms with Crippen molar-refractivity contribution < 1.29 is 21.2 Å². The van der Waals surface area contributed by atoms with Crippen LogP contribution in [0.5, 0.6) is 0 Å². The van der Waals surface area contributed by atoms with Gasteiger partial charge in [-0.25, -0.2) is 30.7 Å². The molecular formula is C15H17FN2O4S2. The van der Waals surface area contributed by atoms with Crippen molar-refractivity contribution in [1.82, 2.24) is 9.44 Å². The second-order valence-corrected chi connectivity index (χ2v) is 8.68. The summed E-state index contributed by atoms with van der Waals surface area (Å²) in [7, 11) is -6.50. The first-order valence-electron chi connectivity index (χ1n) is 6.97. The molecule has 2 aromatic rings. The van der Waals surface area contributed by atoms with Crippen molar-refractivity contribution in [1.29, 1.82) is 0 Å². The summed E-state index contributed by atoms with van der Waals surface area (Å²) in [4.78, 5) is -0.353. The molecular weight excluding hydrogens is 355 g/mol. The molecule has 24 heavy (non-hydrogen) atoms. The van der Waals surface area contributed by atoms with Gasteiger partial charge in [-0.05, 0) is 49.9 Å².